The number of carbonyl (C=O) groups excluding carboxylic acids is 1. The fraction of sp³-hybridized carbons (Fsp3) is 0.500. The quantitative estimate of drug-likeness (QED) is 0.527. The lowest BCUT2D eigenvalue weighted by Gasteiger charge is -2.34. The summed E-state index contributed by atoms with van der Waals surface area (Å²) in [6, 6.07) is 6.19. The van der Waals surface area contributed by atoms with Crippen LogP contribution in [0.3, 0.4) is 0 Å². The van der Waals surface area contributed by atoms with Gasteiger partial charge in [0, 0.05) is 42.9 Å². The van der Waals surface area contributed by atoms with Gasteiger partial charge in [-0.2, -0.15) is 0 Å². The van der Waals surface area contributed by atoms with Crippen LogP contribution in [0.5, 0.6) is 0 Å². The maximum Gasteiger partial charge on any atom is 0.410 e. The van der Waals surface area contributed by atoms with Gasteiger partial charge in [-0.15, -0.1) is 0 Å². The molecule has 0 spiro atoms. The topological polar surface area (TPSA) is 111 Å². The first-order valence-corrected chi connectivity index (χ1v) is 10.7. The zero-order chi connectivity index (χ0) is 22.9. The van der Waals surface area contributed by atoms with E-state index in [2.05, 4.69) is 4.90 Å². The zero-order valence-electron chi connectivity index (χ0n) is 18.5. The van der Waals surface area contributed by atoms with Gasteiger partial charge in [0.05, 0.1) is 30.4 Å². The lowest BCUT2D eigenvalue weighted by Crippen LogP contribution is -2.42. The van der Waals surface area contributed by atoms with E-state index < -0.39 is 10.5 Å². The third-order valence-corrected chi connectivity index (χ3v) is 5.34. The predicted octanol–water partition coefficient (Wildman–Crippen LogP) is 3.18. The van der Waals surface area contributed by atoms with Crippen LogP contribution >= 0.6 is 0 Å². The highest BCUT2D eigenvalue weighted by molar-refractivity contribution is 5.69. The smallest absolute Gasteiger partial charge is 0.410 e. The van der Waals surface area contributed by atoms with Crippen LogP contribution in [0.4, 0.5) is 16.3 Å². The Bertz CT molecular complexity index is 1010. The normalized spacial score (nSPS) is 16.5. The Morgan fingerprint density at radius 2 is 1.81 bits per heavy atom. The number of non-ortho nitro benzene ring substituents is 1. The van der Waals surface area contributed by atoms with Crippen molar-refractivity contribution in [1.82, 2.24) is 14.9 Å². The fourth-order valence-corrected chi connectivity index (χ4v) is 3.79. The number of fused-ring (bicyclic) bond motifs is 1. The van der Waals surface area contributed by atoms with Gasteiger partial charge in [0.2, 0.25) is 0 Å². The van der Waals surface area contributed by atoms with E-state index in [1.807, 2.05) is 20.8 Å². The molecule has 170 valence electrons. The van der Waals surface area contributed by atoms with Crippen molar-refractivity contribution in [1.29, 1.82) is 0 Å². The SMILES string of the molecule is CC(C)(C)OC(=O)N1CCc2c(nc(-c3ccc([N+](=O)[O-])cc3)nc2N2CCOCC2)C1. The molecule has 0 N–H and O–H groups in total. The van der Waals surface area contributed by atoms with Gasteiger partial charge in [-0.05, 0) is 39.3 Å². The van der Waals surface area contributed by atoms with Crippen molar-refractivity contribution in [2.75, 3.05) is 37.7 Å². The second-order valence-electron chi connectivity index (χ2n) is 8.85. The molecule has 3 heterocycles. The second-order valence-corrected chi connectivity index (χ2v) is 8.85. The molecular weight excluding hydrogens is 414 g/mol. The van der Waals surface area contributed by atoms with Crippen LogP contribution in [0, 0.1) is 10.1 Å². The van der Waals surface area contributed by atoms with Gasteiger partial charge in [-0.25, -0.2) is 14.8 Å². The van der Waals surface area contributed by atoms with Crippen molar-refractivity contribution < 1.29 is 19.2 Å². The average Bonchev–Trinajstić information content (AvgIpc) is 2.77. The number of nitro benzene ring substituents is 1. The monoisotopic (exact) mass is 441 g/mol. The molecule has 0 bridgehead atoms. The second kappa shape index (κ2) is 8.70. The van der Waals surface area contributed by atoms with E-state index in [1.54, 1.807) is 17.0 Å². The molecule has 10 nitrogen and oxygen atoms in total. The van der Waals surface area contributed by atoms with Gasteiger partial charge in [0.25, 0.3) is 5.69 Å². The van der Waals surface area contributed by atoms with Crippen LogP contribution in [-0.4, -0.2) is 64.3 Å². The van der Waals surface area contributed by atoms with Crippen LogP contribution in [0.1, 0.15) is 32.0 Å². The summed E-state index contributed by atoms with van der Waals surface area (Å²) >= 11 is 0. The molecule has 4 rings (SSSR count). The summed E-state index contributed by atoms with van der Waals surface area (Å²) in [7, 11) is 0. The maximum atomic E-state index is 12.6. The van der Waals surface area contributed by atoms with Crippen molar-refractivity contribution in [3.63, 3.8) is 0 Å². The minimum Gasteiger partial charge on any atom is -0.444 e. The van der Waals surface area contributed by atoms with Crippen LogP contribution in [0.15, 0.2) is 24.3 Å². The van der Waals surface area contributed by atoms with E-state index in [9.17, 15) is 14.9 Å². The molecule has 0 aliphatic carbocycles. The number of nitro groups is 1. The molecule has 1 aromatic carbocycles. The molecule has 0 atom stereocenters. The van der Waals surface area contributed by atoms with Gasteiger partial charge in [0.15, 0.2) is 5.82 Å². The van der Waals surface area contributed by atoms with Crippen molar-refractivity contribution >= 4 is 17.6 Å². The standard InChI is InChI=1S/C22H27N5O5/c1-22(2,3)32-21(28)26-9-8-17-18(14-26)23-19(15-4-6-16(7-5-15)27(29)30)24-20(17)25-10-12-31-13-11-25/h4-7H,8-14H2,1-3H3. The molecule has 1 amide bonds. The third-order valence-electron chi connectivity index (χ3n) is 5.34. The summed E-state index contributed by atoms with van der Waals surface area (Å²) in [5.74, 6) is 1.32. The number of morpholine rings is 1. The molecule has 10 heteroatoms. The number of carbonyl (C=O) groups is 1. The Morgan fingerprint density at radius 3 is 2.44 bits per heavy atom. The Hall–Kier alpha value is -3.27. The highest BCUT2D eigenvalue weighted by Gasteiger charge is 2.30. The van der Waals surface area contributed by atoms with Crippen LogP contribution < -0.4 is 4.90 Å². The van der Waals surface area contributed by atoms with E-state index in [0.717, 1.165) is 30.2 Å². The number of hydrogen-bond donors (Lipinski definition) is 0. The molecular formula is C22H27N5O5. The van der Waals surface area contributed by atoms with Gasteiger partial charge in [-0.1, -0.05) is 0 Å². The maximum absolute atomic E-state index is 12.6. The lowest BCUT2D eigenvalue weighted by atomic mass is 10.0. The molecule has 1 saturated heterocycles. The van der Waals surface area contributed by atoms with E-state index in [0.29, 0.717) is 44.1 Å². The van der Waals surface area contributed by atoms with E-state index in [1.165, 1.54) is 12.1 Å². The van der Waals surface area contributed by atoms with Crippen molar-refractivity contribution in [2.45, 2.75) is 39.3 Å². The van der Waals surface area contributed by atoms with E-state index >= 15 is 0 Å². The molecule has 0 radical (unpaired) electrons. The number of rotatable bonds is 3. The number of nitrogens with zero attached hydrogens (tertiary/aromatic N) is 5. The highest BCUT2D eigenvalue weighted by Crippen LogP contribution is 2.31. The van der Waals surface area contributed by atoms with Crippen molar-refractivity contribution in [2.24, 2.45) is 0 Å². The Morgan fingerprint density at radius 1 is 1.12 bits per heavy atom. The summed E-state index contributed by atoms with van der Waals surface area (Å²) < 4.78 is 11.0. The van der Waals surface area contributed by atoms with Gasteiger partial charge < -0.3 is 19.3 Å². The van der Waals surface area contributed by atoms with Crippen LogP contribution in [0.25, 0.3) is 11.4 Å². The Balaban J connectivity index is 1.70. The number of aromatic nitrogens is 2. The number of ether oxygens (including phenoxy) is 2. The zero-order valence-corrected chi connectivity index (χ0v) is 18.5. The molecule has 32 heavy (non-hydrogen) atoms. The summed E-state index contributed by atoms with van der Waals surface area (Å²) in [5.41, 5.74) is 1.91. The number of hydrogen-bond acceptors (Lipinski definition) is 8. The first-order valence-electron chi connectivity index (χ1n) is 10.7. The molecule has 0 unspecified atom stereocenters. The predicted molar refractivity (Wildman–Crippen MR) is 118 cm³/mol. The van der Waals surface area contributed by atoms with Crippen molar-refractivity contribution in [3.8, 4) is 11.4 Å². The Kier molecular flexibility index (Phi) is 5.96. The fourth-order valence-electron chi connectivity index (χ4n) is 3.79. The number of anilines is 1. The van der Waals surface area contributed by atoms with Crippen molar-refractivity contribution in [3.05, 3.63) is 45.6 Å². The van der Waals surface area contributed by atoms with Gasteiger partial charge in [-0.3, -0.25) is 10.1 Å². The highest BCUT2D eigenvalue weighted by atomic mass is 16.6. The van der Waals surface area contributed by atoms with Crippen LogP contribution in [0.2, 0.25) is 0 Å². The molecule has 1 fully saturated rings. The largest absolute Gasteiger partial charge is 0.444 e. The average molecular weight is 441 g/mol. The van der Waals surface area contributed by atoms with Crippen LogP contribution in [-0.2, 0) is 22.4 Å². The summed E-state index contributed by atoms with van der Waals surface area (Å²) in [6.07, 6.45) is 0.258. The first kappa shape index (κ1) is 21.9. The molecule has 2 aromatic rings. The Labute approximate surface area is 186 Å². The number of benzene rings is 1. The molecule has 1 aromatic heterocycles. The summed E-state index contributed by atoms with van der Waals surface area (Å²) in [6.45, 7) is 9.06. The third kappa shape index (κ3) is 4.80. The molecule has 2 aliphatic rings. The molecule has 2 aliphatic heterocycles. The van der Waals surface area contributed by atoms with E-state index in [-0.39, 0.29) is 11.8 Å². The lowest BCUT2D eigenvalue weighted by molar-refractivity contribution is -0.384. The summed E-state index contributed by atoms with van der Waals surface area (Å²) in [5, 5.41) is 11.0. The van der Waals surface area contributed by atoms with E-state index in [4.69, 9.17) is 19.4 Å². The first-order chi connectivity index (χ1) is 15.2. The minimum atomic E-state index is -0.577. The number of amides is 1. The minimum absolute atomic E-state index is 0.0104. The summed E-state index contributed by atoms with van der Waals surface area (Å²) in [4.78, 5) is 36.6. The van der Waals surface area contributed by atoms with Gasteiger partial charge in [0.1, 0.15) is 11.4 Å². The molecule has 0 saturated carbocycles. The van der Waals surface area contributed by atoms with Gasteiger partial charge >= 0.3 is 6.09 Å².